The summed E-state index contributed by atoms with van der Waals surface area (Å²) in [4.78, 5) is 21.3. The number of aromatic nitrogens is 3. The largest absolute Gasteiger partial charge is 0.352 e. The van der Waals surface area contributed by atoms with E-state index < -0.39 is 0 Å². The zero-order chi connectivity index (χ0) is 17.2. The van der Waals surface area contributed by atoms with Crippen LogP contribution in [0.2, 0.25) is 5.02 Å². The van der Waals surface area contributed by atoms with E-state index in [4.69, 9.17) is 16.6 Å². The molecule has 0 saturated heterocycles. The van der Waals surface area contributed by atoms with Crippen LogP contribution < -0.4 is 5.32 Å². The molecule has 0 aliphatic heterocycles. The van der Waals surface area contributed by atoms with Crippen LogP contribution in [-0.2, 0) is 11.3 Å². The van der Waals surface area contributed by atoms with Gasteiger partial charge in [0.2, 0.25) is 5.91 Å². The number of carbonyl (C=O) groups excluding carboxylic acids is 1. The van der Waals surface area contributed by atoms with Gasteiger partial charge in [-0.15, -0.1) is 0 Å². The van der Waals surface area contributed by atoms with Gasteiger partial charge in [0, 0.05) is 16.6 Å². The molecule has 4 rings (SSSR count). The molecule has 2 heterocycles. The molecule has 25 heavy (non-hydrogen) atoms. The molecular formula is C19H19ClN4O. The molecule has 0 unspecified atom stereocenters. The van der Waals surface area contributed by atoms with Crippen LogP contribution in [0, 0.1) is 0 Å². The first-order valence-electron chi connectivity index (χ1n) is 8.56. The van der Waals surface area contributed by atoms with Crippen molar-refractivity contribution in [2.24, 2.45) is 0 Å². The predicted octanol–water partition coefficient (Wildman–Crippen LogP) is 3.81. The van der Waals surface area contributed by atoms with E-state index in [0.29, 0.717) is 16.7 Å². The quantitative estimate of drug-likeness (QED) is 0.775. The van der Waals surface area contributed by atoms with Crippen LogP contribution in [0.4, 0.5) is 0 Å². The molecule has 1 aromatic carbocycles. The summed E-state index contributed by atoms with van der Waals surface area (Å²) in [5, 5.41) is 3.80. The smallest absolute Gasteiger partial charge is 0.240 e. The van der Waals surface area contributed by atoms with Crippen molar-refractivity contribution < 1.29 is 4.79 Å². The Morgan fingerprint density at radius 3 is 2.68 bits per heavy atom. The number of fused-ring (bicyclic) bond motifs is 1. The van der Waals surface area contributed by atoms with Gasteiger partial charge in [-0.2, -0.15) is 0 Å². The molecular weight excluding hydrogens is 336 g/mol. The molecule has 5 nitrogen and oxygen atoms in total. The van der Waals surface area contributed by atoms with Crippen LogP contribution >= 0.6 is 11.6 Å². The molecule has 0 radical (unpaired) electrons. The molecule has 1 amide bonds. The van der Waals surface area contributed by atoms with E-state index >= 15 is 0 Å². The lowest BCUT2D eigenvalue weighted by atomic mass is 10.1. The Morgan fingerprint density at radius 1 is 1.16 bits per heavy atom. The van der Waals surface area contributed by atoms with E-state index in [2.05, 4.69) is 10.3 Å². The Labute approximate surface area is 151 Å². The van der Waals surface area contributed by atoms with Crippen molar-refractivity contribution in [1.82, 2.24) is 19.9 Å². The molecule has 2 aromatic heterocycles. The van der Waals surface area contributed by atoms with Gasteiger partial charge < -0.3 is 9.88 Å². The number of nitrogens with zero attached hydrogens (tertiary/aromatic N) is 3. The van der Waals surface area contributed by atoms with Crippen LogP contribution in [0.3, 0.4) is 0 Å². The van der Waals surface area contributed by atoms with Gasteiger partial charge in [0.05, 0.1) is 12.0 Å². The molecule has 1 N–H and O–H groups in total. The molecule has 1 aliphatic carbocycles. The Hall–Kier alpha value is -2.40. The normalized spacial score (nSPS) is 14.9. The summed E-state index contributed by atoms with van der Waals surface area (Å²) in [5.41, 5.74) is 3.32. The van der Waals surface area contributed by atoms with Gasteiger partial charge in [-0.25, -0.2) is 9.97 Å². The van der Waals surface area contributed by atoms with Gasteiger partial charge in [0.15, 0.2) is 5.65 Å². The van der Waals surface area contributed by atoms with Gasteiger partial charge in [-0.1, -0.05) is 36.6 Å². The number of amides is 1. The van der Waals surface area contributed by atoms with Crippen molar-refractivity contribution in [2.45, 2.75) is 38.3 Å². The van der Waals surface area contributed by atoms with E-state index in [-0.39, 0.29) is 12.5 Å². The average Bonchev–Trinajstić information content (AvgIpc) is 3.25. The molecule has 1 saturated carbocycles. The van der Waals surface area contributed by atoms with Gasteiger partial charge in [-0.05, 0) is 37.1 Å². The number of pyridine rings is 1. The lowest BCUT2D eigenvalue weighted by Crippen LogP contribution is -2.35. The Balaban J connectivity index is 1.57. The van der Waals surface area contributed by atoms with Gasteiger partial charge in [-0.3, -0.25) is 4.79 Å². The minimum Gasteiger partial charge on any atom is -0.352 e. The highest BCUT2D eigenvalue weighted by Gasteiger charge is 2.18. The van der Waals surface area contributed by atoms with Crippen LogP contribution in [0.5, 0.6) is 0 Å². The fourth-order valence-corrected chi connectivity index (χ4v) is 3.46. The van der Waals surface area contributed by atoms with Gasteiger partial charge in [0.1, 0.15) is 12.1 Å². The monoisotopic (exact) mass is 354 g/mol. The van der Waals surface area contributed by atoms with Crippen LogP contribution in [-0.4, -0.2) is 26.5 Å². The summed E-state index contributed by atoms with van der Waals surface area (Å²) >= 11 is 5.95. The zero-order valence-corrected chi connectivity index (χ0v) is 14.5. The fourth-order valence-electron chi connectivity index (χ4n) is 3.34. The third-order valence-electron chi connectivity index (χ3n) is 4.64. The Morgan fingerprint density at radius 2 is 1.92 bits per heavy atom. The standard InChI is InChI=1S/C19H19ClN4O/c20-14-7-5-13(6-8-14)16-9-10-17-19(23-16)24(12-21-17)11-18(25)22-15-3-1-2-4-15/h5-10,12,15H,1-4,11H2,(H,22,25). The second-order valence-electron chi connectivity index (χ2n) is 6.47. The number of rotatable bonds is 4. The van der Waals surface area contributed by atoms with Crippen molar-refractivity contribution in [3.05, 3.63) is 47.7 Å². The third kappa shape index (κ3) is 3.51. The third-order valence-corrected chi connectivity index (χ3v) is 4.89. The van der Waals surface area contributed by atoms with Crippen LogP contribution in [0.15, 0.2) is 42.7 Å². The van der Waals surface area contributed by atoms with E-state index in [1.165, 1.54) is 12.8 Å². The highest BCUT2D eigenvalue weighted by atomic mass is 35.5. The maximum atomic E-state index is 12.3. The second kappa shape index (κ2) is 6.84. The summed E-state index contributed by atoms with van der Waals surface area (Å²) in [6, 6.07) is 11.7. The number of imidazole rings is 1. The highest BCUT2D eigenvalue weighted by molar-refractivity contribution is 6.30. The van der Waals surface area contributed by atoms with E-state index in [9.17, 15) is 4.79 Å². The Kier molecular flexibility index (Phi) is 4.40. The van der Waals surface area contributed by atoms with Gasteiger partial charge in [0.25, 0.3) is 0 Å². The molecule has 1 aliphatic rings. The lowest BCUT2D eigenvalue weighted by Gasteiger charge is -2.12. The summed E-state index contributed by atoms with van der Waals surface area (Å²) in [6.07, 6.45) is 6.23. The van der Waals surface area contributed by atoms with Crippen LogP contribution in [0.25, 0.3) is 22.4 Å². The van der Waals surface area contributed by atoms with E-state index in [1.807, 2.05) is 36.4 Å². The molecule has 128 valence electrons. The summed E-state index contributed by atoms with van der Waals surface area (Å²) in [6.45, 7) is 0.240. The second-order valence-corrected chi connectivity index (χ2v) is 6.90. The number of benzene rings is 1. The number of hydrogen-bond acceptors (Lipinski definition) is 3. The average molecular weight is 355 g/mol. The fraction of sp³-hybridized carbons (Fsp3) is 0.316. The molecule has 0 atom stereocenters. The van der Waals surface area contributed by atoms with Crippen molar-refractivity contribution in [2.75, 3.05) is 0 Å². The first kappa shape index (κ1) is 16.1. The van der Waals surface area contributed by atoms with Crippen molar-refractivity contribution in [3.8, 4) is 11.3 Å². The molecule has 1 fully saturated rings. The van der Waals surface area contributed by atoms with E-state index in [1.54, 1.807) is 10.9 Å². The van der Waals surface area contributed by atoms with Crippen molar-refractivity contribution >= 4 is 28.7 Å². The number of halogens is 1. The van der Waals surface area contributed by atoms with Gasteiger partial charge >= 0.3 is 0 Å². The van der Waals surface area contributed by atoms with Crippen molar-refractivity contribution in [1.29, 1.82) is 0 Å². The maximum Gasteiger partial charge on any atom is 0.240 e. The minimum atomic E-state index is 0.0184. The predicted molar refractivity (Wildman–Crippen MR) is 98.4 cm³/mol. The zero-order valence-electron chi connectivity index (χ0n) is 13.8. The molecule has 6 heteroatoms. The highest BCUT2D eigenvalue weighted by Crippen LogP contribution is 2.22. The number of hydrogen-bond donors (Lipinski definition) is 1. The summed E-state index contributed by atoms with van der Waals surface area (Å²) in [5.74, 6) is 0.0184. The van der Waals surface area contributed by atoms with Crippen LogP contribution in [0.1, 0.15) is 25.7 Å². The molecule has 0 bridgehead atoms. The molecule has 0 spiro atoms. The first-order chi connectivity index (χ1) is 12.2. The Bertz CT molecular complexity index is 897. The lowest BCUT2D eigenvalue weighted by molar-refractivity contribution is -0.122. The minimum absolute atomic E-state index is 0.0184. The van der Waals surface area contributed by atoms with Crippen molar-refractivity contribution in [3.63, 3.8) is 0 Å². The summed E-state index contributed by atoms with van der Waals surface area (Å²) in [7, 11) is 0. The number of nitrogens with one attached hydrogen (secondary N) is 1. The first-order valence-corrected chi connectivity index (χ1v) is 8.94. The maximum absolute atomic E-state index is 12.3. The topological polar surface area (TPSA) is 59.8 Å². The van der Waals surface area contributed by atoms with E-state index in [0.717, 1.165) is 29.6 Å². The SMILES string of the molecule is O=C(Cn1cnc2ccc(-c3ccc(Cl)cc3)nc21)NC1CCCC1. The summed E-state index contributed by atoms with van der Waals surface area (Å²) < 4.78 is 1.80. The number of carbonyl (C=O) groups is 1. The molecule has 3 aromatic rings.